The molecule has 0 bridgehead atoms. The van der Waals surface area contributed by atoms with Crippen molar-refractivity contribution >= 4 is 15.9 Å². The maximum absolute atomic E-state index is 13.4. The van der Waals surface area contributed by atoms with E-state index in [1.807, 2.05) is 12.3 Å². The molecule has 16 heavy (non-hydrogen) atoms. The van der Waals surface area contributed by atoms with Gasteiger partial charge in [0.15, 0.2) is 11.6 Å². The van der Waals surface area contributed by atoms with Crippen molar-refractivity contribution in [3.63, 3.8) is 0 Å². The Labute approximate surface area is 101 Å². The zero-order chi connectivity index (χ0) is 11.5. The van der Waals surface area contributed by atoms with Crippen molar-refractivity contribution in [2.75, 3.05) is 7.11 Å². The summed E-state index contributed by atoms with van der Waals surface area (Å²) in [4.78, 5) is 0. The molecule has 1 aromatic carbocycles. The summed E-state index contributed by atoms with van der Waals surface area (Å²) in [6, 6.07) is 4.88. The second-order valence-electron chi connectivity index (χ2n) is 3.33. The molecule has 0 radical (unpaired) electrons. The molecule has 0 atom stereocenters. The largest absolute Gasteiger partial charge is 0.494 e. The fraction of sp³-hybridized carbons (Fsp3) is 0.182. The topological polar surface area (TPSA) is 27.1 Å². The lowest BCUT2D eigenvalue weighted by Crippen LogP contribution is -2.00. The number of rotatable bonds is 3. The molecule has 0 amide bonds. The minimum Gasteiger partial charge on any atom is -0.494 e. The SMILES string of the molecule is COc1ccc(Cn2cc(Br)cn2)cc1F. The summed E-state index contributed by atoms with van der Waals surface area (Å²) in [7, 11) is 1.45. The first-order valence-electron chi connectivity index (χ1n) is 4.69. The van der Waals surface area contributed by atoms with Gasteiger partial charge in [-0.1, -0.05) is 6.07 Å². The molecular weight excluding hydrogens is 275 g/mol. The normalized spacial score (nSPS) is 10.4. The minimum absolute atomic E-state index is 0.255. The Bertz CT molecular complexity index is 498. The van der Waals surface area contributed by atoms with E-state index in [2.05, 4.69) is 21.0 Å². The molecule has 84 valence electrons. The Kier molecular flexibility index (Phi) is 3.24. The van der Waals surface area contributed by atoms with Gasteiger partial charge in [-0.05, 0) is 33.6 Å². The number of methoxy groups -OCH3 is 1. The molecule has 2 rings (SSSR count). The lowest BCUT2D eigenvalue weighted by molar-refractivity contribution is 0.386. The number of nitrogens with zero attached hydrogens (tertiary/aromatic N) is 2. The van der Waals surface area contributed by atoms with Gasteiger partial charge in [0, 0.05) is 6.20 Å². The van der Waals surface area contributed by atoms with E-state index in [0.717, 1.165) is 10.0 Å². The van der Waals surface area contributed by atoms with E-state index in [-0.39, 0.29) is 11.6 Å². The first-order valence-corrected chi connectivity index (χ1v) is 5.48. The predicted octanol–water partition coefficient (Wildman–Crippen LogP) is 2.84. The molecule has 0 saturated carbocycles. The number of hydrogen-bond donors (Lipinski definition) is 0. The molecule has 0 N–H and O–H groups in total. The molecule has 0 aliphatic rings. The van der Waals surface area contributed by atoms with Crippen molar-refractivity contribution in [3.8, 4) is 5.75 Å². The summed E-state index contributed by atoms with van der Waals surface area (Å²) in [5.74, 6) is -0.100. The molecule has 0 fully saturated rings. The monoisotopic (exact) mass is 284 g/mol. The van der Waals surface area contributed by atoms with Crippen LogP contribution in [-0.4, -0.2) is 16.9 Å². The van der Waals surface area contributed by atoms with Gasteiger partial charge in [0.05, 0.1) is 24.3 Å². The highest BCUT2D eigenvalue weighted by molar-refractivity contribution is 9.10. The van der Waals surface area contributed by atoms with Crippen molar-refractivity contribution in [3.05, 3.63) is 46.4 Å². The minimum atomic E-state index is -0.355. The molecule has 0 unspecified atom stereocenters. The van der Waals surface area contributed by atoms with Gasteiger partial charge in [0.25, 0.3) is 0 Å². The average Bonchev–Trinajstić information content (AvgIpc) is 2.64. The van der Waals surface area contributed by atoms with E-state index >= 15 is 0 Å². The Morgan fingerprint density at radius 3 is 2.88 bits per heavy atom. The second-order valence-corrected chi connectivity index (χ2v) is 4.24. The molecule has 2 aromatic rings. The lowest BCUT2D eigenvalue weighted by atomic mass is 10.2. The summed E-state index contributed by atoms with van der Waals surface area (Å²) in [5, 5.41) is 4.10. The van der Waals surface area contributed by atoms with Gasteiger partial charge in [-0.2, -0.15) is 5.10 Å². The second kappa shape index (κ2) is 4.65. The Morgan fingerprint density at radius 1 is 1.50 bits per heavy atom. The summed E-state index contributed by atoms with van der Waals surface area (Å²) in [6.45, 7) is 0.534. The van der Waals surface area contributed by atoms with Crippen LogP contribution in [0.2, 0.25) is 0 Å². The maximum Gasteiger partial charge on any atom is 0.165 e. The Morgan fingerprint density at radius 2 is 2.31 bits per heavy atom. The molecule has 0 aliphatic heterocycles. The predicted molar refractivity (Wildman–Crippen MR) is 62.0 cm³/mol. The van der Waals surface area contributed by atoms with Crippen LogP contribution in [0.3, 0.4) is 0 Å². The Balaban J connectivity index is 2.19. The highest BCUT2D eigenvalue weighted by Crippen LogP contribution is 2.18. The summed E-state index contributed by atoms with van der Waals surface area (Å²) in [5.41, 5.74) is 0.842. The van der Waals surface area contributed by atoms with Crippen LogP contribution in [0.25, 0.3) is 0 Å². The summed E-state index contributed by atoms with van der Waals surface area (Å²) in [6.07, 6.45) is 3.53. The molecule has 3 nitrogen and oxygen atoms in total. The number of hydrogen-bond acceptors (Lipinski definition) is 2. The van der Waals surface area contributed by atoms with Crippen LogP contribution in [0.4, 0.5) is 4.39 Å². The number of aromatic nitrogens is 2. The number of halogens is 2. The van der Waals surface area contributed by atoms with Crippen LogP contribution >= 0.6 is 15.9 Å². The number of ether oxygens (including phenoxy) is 1. The van der Waals surface area contributed by atoms with Gasteiger partial charge in [-0.25, -0.2) is 4.39 Å². The highest BCUT2D eigenvalue weighted by atomic mass is 79.9. The fourth-order valence-electron chi connectivity index (χ4n) is 1.42. The maximum atomic E-state index is 13.4. The third kappa shape index (κ3) is 2.41. The first-order chi connectivity index (χ1) is 7.69. The highest BCUT2D eigenvalue weighted by Gasteiger charge is 2.04. The van der Waals surface area contributed by atoms with E-state index in [9.17, 15) is 4.39 Å². The van der Waals surface area contributed by atoms with E-state index in [1.54, 1.807) is 16.9 Å². The van der Waals surface area contributed by atoms with Gasteiger partial charge >= 0.3 is 0 Å². The van der Waals surface area contributed by atoms with Crippen molar-refractivity contribution in [2.45, 2.75) is 6.54 Å². The fourth-order valence-corrected chi connectivity index (χ4v) is 1.75. The van der Waals surface area contributed by atoms with E-state index in [1.165, 1.54) is 13.2 Å². The van der Waals surface area contributed by atoms with Gasteiger partial charge in [0.2, 0.25) is 0 Å². The van der Waals surface area contributed by atoms with Crippen molar-refractivity contribution < 1.29 is 9.13 Å². The van der Waals surface area contributed by atoms with Crippen LogP contribution < -0.4 is 4.74 Å². The van der Waals surface area contributed by atoms with Crippen LogP contribution in [0.1, 0.15) is 5.56 Å². The van der Waals surface area contributed by atoms with Crippen molar-refractivity contribution in [2.24, 2.45) is 0 Å². The molecule has 5 heteroatoms. The van der Waals surface area contributed by atoms with Crippen LogP contribution in [0.5, 0.6) is 5.75 Å². The third-order valence-electron chi connectivity index (χ3n) is 2.16. The van der Waals surface area contributed by atoms with Crippen LogP contribution in [-0.2, 0) is 6.54 Å². The molecule has 1 aromatic heterocycles. The first kappa shape index (κ1) is 11.1. The zero-order valence-electron chi connectivity index (χ0n) is 8.65. The van der Waals surface area contributed by atoms with Crippen LogP contribution in [0, 0.1) is 5.82 Å². The molecule has 1 heterocycles. The van der Waals surface area contributed by atoms with Crippen molar-refractivity contribution in [1.29, 1.82) is 0 Å². The smallest absolute Gasteiger partial charge is 0.165 e. The number of benzene rings is 1. The standard InChI is InChI=1S/C11H10BrFN2O/c1-16-11-3-2-8(4-10(11)13)6-15-7-9(12)5-14-15/h2-5,7H,6H2,1H3. The summed E-state index contributed by atoms with van der Waals surface area (Å²) >= 11 is 3.31. The lowest BCUT2D eigenvalue weighted by Gasteiger charge is -2.05. The molecule has 0 aliphatic carbocycles. The molecule has 0 spiro atoms. The van der Waals surface area contributed by atoms with E-state index in [0.29, 0.717) is 6.54 Å². The quantitative estimate of drug-likeness (QED) is 0.867. The van der Waals surface area contributed by atoms with Gasteiger partial charge in [-0.15, -0.1) is 0 Å². The third-order valence-corrected chi connectivity index (χ3v) is 2.57. The van der Waals surface area contributed by atoms with Crippen LogP contribution in [0.15, 0.2) is 35.1 Å². The van der Waals surface area contributed by atoms with Gasteiger partial charge in [-0.3, -0.25) is 4.68 Å². The Hall–Kier alpha value is -1.36. The van der Waals surface area contributed by atoms with Crippen molar-refractivity contribution in [1.82, 2.24) is 9.78 Å². The molecule has 0 saturated heterocycles. The van der Waals surface area contributed by atoms with E-state index < -0.39 is 0 Å². The zero-order valence-corrected chi connectivity index (χ0v) is 10.2. The van der Waals surface area contributed by atoms with E-state index in [4.69, 9.17) is 4.74 Å². The summed E-state index contributed by atoms with van der Waals surface area (Å²) < 4.78 is 20.9. The van der Waals surface area contributed by atoms with Gasteiger partial charge < -0.3 is 4.74 Å². The van der Waals surface area contributed by atoms with Gasteiger partial charge in [0.1, 0.15) is 0 Å². The molecular formula is C11H10BrFN2O. The average molecular weight is 285 g/mol.